The van der Waals surface area contributed by atoms with Crippen molar-refractivity contribution in [1.29, 1.82) is 0 Å². The highest BCUT2D eigenvalue weighted by molar-refractivity contribution is 6.20. The van der Waals surface area contributed by atoms with E-state index in [4.69, 9.17) is 9.47 Å². The molecule has 4 nitrogen and oxygen atoms in total. The maximum Gasteiger partial charge on any atom is 0.336 e. The van der Waals surface area contributed by atoms with E-state index in [-0.39, 0.29) is 5.57 Å². The van der Waals surface area contributed by atoms with Gasteiger partial charge < -0.3 is 14.6 Å². The van der Waals surface area contributed by atoms with Crippen LogP contribution in [-0.2, 0) is 4.79 Å². The minimum Gasteiger partial charge on any atom is -0.493 e. The standard InChI is InChI=1S/C20H22O4/c1-4-11-24-18-10-7-15(13-19(18)23-3)12-17(20(21)22)16-8-5-14(2)6-9-16/h5-10,12-13H,4,11H2,1-3H3,(H,21,22)/b17-12-. The van der Waals surface area contributed by atoms with Crippen molar-refractivity contribution in [2.75, 3.05) is 13.7 Å². The molecule has 0 unspecified atom stereocenters. The molecule has 24 heavy (non-hydrogen) atoms. The van der Waals surface area contributed by atoms with E-state index in [9.17, 15) is 9.90 Å². The minimum absolute atomic E-state index is 0.235. The van der Waals surface area contributed by atoms with Crippen LogP contribution in [-0.4, -0.2) is 24.8 Å². The van der Waals surface area contributed by atoms with E-state index < -0.39 is 5.97 Å². The highest BCUT2D eigenvalue weighted by atomic mass is 16.5. The number of carboxylic acids is 1. The molecule has 0 aromatic heterocycles. The molecule has 0 saturated heterocycles. The first-order valence-electron chi connectivity index (χ1n) is 7.88. The van der Waals surface area contributed by atoms with Crippen molar-refractivity contribution >= 4 is 17.6 Å². The van der Waals surface area contributed by atoms with Crippen molar-refractivity contribution in [2.24, 2.45) is 0 Å². The Morgan fingerprint density at radius 2 is 1.83 bits per heavy atom. The van der Waals surface area contributed by atoms with Crippen molar-refractivity contribution in [3.63, 3.8) is 0 Å². The molecule has 1 N–H and O–H groups in total. The lowest BCUT2D eigenvalue weighted by Crippen LogP contribution is -2.00. The Balaban J connectivity index is 2.38. The van der Waals surface area contributed by atoms with Crippen LogP contribution in [0, 0.1) is 6.92 Å². The van der Waals surface area contributed by atoms with E-state index in [0.717, 1.165) is 17.5 Å². The Hall–Kier alpha value is -2.75. The van der Waals surface area contributed by atoms with Gasteiger partial charge in [-0.25, -0.2) is 4.79 Å². The molecule has 0 bridgehead atoms. The quantitative estimate of drug-likeness (QED) is 0.604. The molecule has 2 rings (SSSR count). The van der Waals surface area contributed by atoms with Crippen LogP contribution in [0.2, 0.25) is 0 Å². The summed E-state index contributed by atoms with van der Waals surface area (Å²) >= 11 is 0. The van der Waals surface area contributed by atoms with Gasteiger partial charge in [-0.15, -0.1) is 0 Å². The molecule has 126 valence electrons. The molecule has 4 heteroatoms. The Bertz CT molecular complexity index is 730. The van der Waals surface area contributed by atoms with Crippen molar-refractivity contribution in [2.45, 2.75) is 20.3 Å². The van der Waals surface area contributed by atoms with Gasteiger partial charge in [0.25, 0.3) is 0 Å². The van der Waals surface area contributed by atoms with Gasteiger partial charge in [-0.1, -0.05) is 42.8 Å². The highest BCUT2D eigenvalue weighted by Crippen LogP contribution is 2.30. The number of ether oxygens (including phenoxy) is 2. The predicted molar refractivity (Wildman–Crippen MR) is 95.5 cm³/mol. The summed E-state index contributed by atoms with van der Waals surface area (Å²) in [7, 11) is 1.57. The zero-order valence-electron chi connectivity index (χ0n) is 14.2. The van der Waals surface area contributed by atoms with Crippen LogP contribution in [0.3, 0.4) is 0 Å². The molecule has 0 aliphatic carbocycles. The molecule has 0 aliphatic heterocycles. The molecular weight excluding hydrogens is 304 g/mol. The Labute approximate surface area is 142 Å². The summed E-state index contributed by atoms with van der Waals surface area (Å²) in [4.78, 5) is 11.6. The Kier molecular flexibility index (Phi) is 6.01. The summed E-state index contributed by atoms with van der Waals surface area (Å²) < 4.78 is 11.0. The largest absolute Gasteiger partial charge is 0.493 e. The second kappa shape index (κ2) is 8.20. The zero-order chi connectivity index (χ0) is 17.5. The third-order valence-corrected chi connectivity index (χ3v) is 3.55. The number of methoxy groups -OCH3 is 1. The van der Waals surface area contributed by atoms with Crippen LogP contribution >= 0.6 is 0 Å². The summed E-state index contributed by atoms with van der Waals surface area (Å²) in [5.74, 6) is 0.277. The number of aliphatic carboxylic acids is 1. The third-order valence-electron chi connectivity index (χ3n) is 3.55. The number of carboxylic acid groups (broad SMARTS) is 1. The first-order valence-corrected chi connectivity index (χ1v) is 7.88. The number of carbonyl (C=O) groups is 1. The highest BCUT2D eigenvalue weighted by Gasteiger charge is 2.12. The average Bonchev–Trinajstić information content (AvgIpc) is 2.59. The van der Waals surface area contributed by atoms with Crippen molar-refractivity contribution in [3.8, 4) is 11.5 Å². The normalized spacial score (nSPS) is 11.2. The SMILES string of the molecule is CCCOc1ccc(/C=C(\C(=O)O)c2ccc(C)cc2)cc1OC. The molecule has 2 aromatic rings. The first kappa shape index (κ1) is 17.6. The fraction of sp³-hybridized carbons (Fsp3) is 0.250. The van der Waals surface area contributed by atoms with E-state index in [1.54, 1.807) is 25.3 Å². The molecular formula is C20H22O4. The molecule has 0 saturated carbocycles. The lowest BCUT2D eigenvalue weighted by atomic mass is 10.0. The van der Waals surface area contributed by atoms with Gasteiger partial charge in [0, 0.05) is 0 Å². The molecule has 0 radical (unpaired) electrons. The van der Waals surface area contributed by atoms with Crippen LogP contribution in [0.4, 0.5) is 0 Å². The van der Waals surface area contributed by atoms with Gasteiger partial charge in [0.05, 0.1) is 19.3 Å². The van der Waals surface area contributed by atoms with Gasteiger partial charge >= 0.3 is 5.97 Å². The number of rotatable bonds is 7. The van der Waals surface area contributed by atoms with Crippen LogP contribution in [0.1, 0.15) is 30.0 Å². The zero-order valence-corrected chi connectivity index (χ0v) is 14.2. The van der Waals surface area contributed by atoms with Crippen LogP contribution in [0.15, 0.2) is 42.5 Å². The monoisotopic (exact) mass is 326 g/mol. The van der Waals surface area contributed by atoms with Crippen LogP contribution < -0.4 is 9.47 Å². The maximum atomic E-state index is 11.6. The van der Waals surface area contributed by atoms with E-state index in [1.807, 2.05) is 44.2 Å². The van der Waals surface area contributed by atoms with Gasteiger partial charge in [-0.05, 0) is 42.7 Å². The van der Waals surface area contributed by atoms with Crippen LogP contribution in [0.25, 0.3) is 11.6 Å². The van der Waals surface area contributed by atoms with Gasteiger partial charge in [-0.3, -0.25) is 0 Å². The van der Waals surface area contributed by atoms with E-state index in [1.165, 1.54) is 0 Å². The molecule has 0 heterocycles. The summed E-state index contributed by atoms with van der Waals surface area (Å²) in [5.41, 5.74) is 2.73. The van der Waals surface area contributed by atoms with Crippen molar-refractivity contribution in [1.82, 2.24) is 0 Å². The third kappa shape index (κ3) is 4.38. The Morgan fingerprint density at radius 1 is 1.12 bits per heavy atom. The van der Waals surface area contributed by atoms with Gasteiger partial charge in [0.15, 0.2) is 11.5 Å². The van der Waals surface area contributed by atoms with E-state index in [0.29, 0.717) is 23.7 Å². The topological polar surface area (TPSA) is 55.8 Å². The fourth-order valence-electron chi connectivity index (χ4n) is 2.27. The van der Waals surface area contributed by atoms with Gasteiger partial charge in [0.1, 0.15) is 0 Å². The summed E-state index contributed by atoms with van der Waals surface area (Å²) in [6, 6.07) is 12.8. The second-order valence-corrected chi connectivity index (χ2v) is 5.49. The molecule has 0 fully saturated rings. The minimum atomic E-state index is -0.968. The number of benzene rings is 2. The lowest BCUT2D eigenvalue weighted by molar-refractivity contribution is -0.130. The van der Waals surface area contributed by atoms with Gasteiger partial charge in [-0.2, -0.15) is 0 Å². The molecule has 0 atom stereocenters. The molecule has 0 aliphatic rings. The molecule has 0 spiro atoms. The van der Waals surface area contributed by atoms with Crippen molar-refractivity contribution < 1.29 is 19.4 Å². The number of hydrogen-bond donors (Lipinski definition) is 1. The van der Waals surface area contributed by atoms with Crippen LogP contribution in [0.5, 0.6) is 11.5 Å². The Morgan fingerprint density at radius 3 is 2.42 bits per heavy atom. The van der Waals surface area contributed by atoms with Crippen molar-refractivity contribution in [3.05, 3.63) is 59.2 Å². The second-order valence-electron chi connectivity index (χ2n) is 5.49. The average molecular weight is 326 g/mol. The fourth-order valence-corrected chi connectivity index (χ4v) is 2.27. The van der Waals surface area contributed by atoms with E-state index in [2.05, 4.69) is 0 Å². The number of aryl methyl sites for hydroxylation is 1. The van der Waals surface area contributed by atoms with E-state index >= 15 is 0 Å². The number of hydrogen-bond acceptors (Lipinski definition) is 3. The molecule has 2 aromatic carbocycles. The predicted octanol–water partition coefficient (Wildman–Crippen LogP) is 4.42. The summed E-state index contributed by atoms with van der Waals surface area (Å²) in [6.07, 6.45) is 2.54. The molecule has 0 amide bonds. The summed E-state index contributed by atoms with van der Waals surface area (Å²) in [6.45, 7) is 4.60. The first-order chi connectivity index (χ1) is 11.5. The van der Waals surface area contributed by atoms with Gasteiger partial charge in [0.2, 0.25) is 0 Å². The maximum absolute atomic E-state index is 11.6. The summed E-state index contributed by atoms with van der Waals surface area (Å²) in [5, 5.41) is 9.53. The smallest absolute Gasteiger partial charge is 0.336 e. The lowest BCUT2D eigenvalue weighted by Gasteiger charge is -2.11.